The predicted octanol–water partition coefficient (Wildman–Crippen LogP) is 3.36. The first kappa shape index (κ1) is 18.3. The third kappa shape index (κ3) is 3.65. The number of rotatable bonds is 5. The lowest BCUT2D eigenvalue weighted by Gasteiger charge is -2.36. The van der Waals surface area contributed by atoms with Crippen LogP contribution in [-0.2, 0) is 22.4 Å². The molecule has 0 saturated heterocycles. The summed E-state index contributed by atoms with van der Waals surface area (Å²) >= 11 is 0. The molecule has 0 aliphatic carbocycles. The van der Waals surface area contributed by atoms with Crippen LogP contribution in [0.5, 0.6) is 0 Å². The van der Waals surface area contributed by atoms with Crippen molar-refractivity contribution in [1.29, 1.82) is 0 Å². The number of amides is 2. The molecule has 0 saturated carbocycles. The van der Waals surface area contributed by atoms with Crippen molar-refractivity contribution in [2.75, 3.05) is 13.1 Å². The Hall–Kier alpha value is -3.08. The van der Waals surface area contributed by atoms with Crippen LogP contribution in [0.2, 0.25) is 0 Å². The number of carbonyl (C=O) groups excluding carboxylic acids is 2. The SMILES string of the molecule is CC(=O)N1CCc2ccccc2C1CC(=O)NCCc1c[nH]c2ccccc12. The monoisotopic (exact) mass is 375 g/mol. The van der Waals surface area contributed by atoms with Crippen molar-refractivity contribution < 1.29 is 9.59 Å². The van der Waals surface area contributed by atoms with Gasteiger partial charge in [-0.25, -0.2) is 0 Å². The fourth-order valence-electron chi connectivity index (χ4n) is 4.17. The number of aromatic nitrogens is 1. The normalized spacial score (nSPS) is 16.0. The van der Waals surface area contributed by atoms with Crippen molar-refractivity contribution in [3.05, 3.63) is 71.4 Å². The lowest BCUT2D eigenvalue weighted by Crippen LogP contribution is -2.41. The van der Waals surface area contributed by atoms with Gasteiger partial charge in [0.2, 0.25) is 11.8 Å². The second-order valence-corrected chi connectivity index (χ2v) is 7.34. The molecule has 28 heavy (non-hydrogen) atoms. The Morgan fingerprint density at radius 1 is 1.14 bits per heavy atom. The summed E-state index contributed by atoms with van der Waals surface area (Å²) in [7, 11) is 0. The molecule has 2 aromatic carbocycles. The van der Waals surface area contributed by atoms with Gasteiger partial charge in [0, 0.05) is 37.1 Å². The maximum absolute atomic E-state index is 12.6. The summed E-state index contributed by atoms with van der Waals surface area (Å²) in [6.07, 6.45) is 3.91. The fourth-order valence-corrected chi connectivity index (χ4v) is 4.17. The summed E-state index contributed by atoms with van der Waals surface area (Å²) in [4.78, 5) is 29.8. The number of fused-ring (bicyclic) bond motifs is 2. The largest absolute Gasteiger partial charge is 0.361 e. The van der Waals surface area contributed by atoms with Crippen molar-refractivity contribution in [3.63, 3.8) is 0 Å². The van der Waals surface area contributed by atoms with Crippen LogP contribution in [0.4, 0.5) is 0 Å². The summed E-state index contributed by atoms with van der Waals surface area (Å²) in [6.45, 7) is 2.82. The van der Waals surface area contributed by atoms with Crippen LogP contribution in [0.25, 0.3) is 10.9 Å². The van der Waals surface area contributed by atoms with Crippen LogP contribution in [0, 0.1) is 0 Å². The molecule has 2 amide bonds. The molecule has 1 aliphatic rings. The molecule has 2 N–H and O–H groups in total. The van der Waals surface area contributed by atoms with Gasteiger partial charge in [-0.3, -0.25) is 9.59 Å². The Labute approximate surface area is 164 Å². The van der Waals surface area contributed by atoms with Crippen molar-refractivity contribution >= 4 is 22.7 Å². The number of nitrogens with zero attached hydrogens (tertiary/aromatic N) is 1. The van der Waals surface area contributed by atoms with E-state index in [9.17, 15) is 9.59 Å². The maximum Gasteiger partial charge on any atom is 0.222 e. The van der Waals surface area contributed by atoms with Gasteiger partial charge < -0.3 is 15.2 Å². The highest BCUT2D eigenvalue weighted by molar-refractivity contribution is 5.83. The second kappa shape index (κ2) is 7.89. The van der Waals surface area contributed by atoms with Crippen molar-refractivity contribution in [2.24, 2.45) is 0 Å². The van der Waals surface area contributed by atoms with E-state index < -0.39 is 0 Å². The number of nitrogens with one attached hydrogen (secondary N) is 2. The fraction of sp³-hybridized carbons (Fsp3) is 0.304. The standard InChI is InChI=1S/C23H25N3O2/c1-16(27)26-13-11-17-6-2-3-8-20(17)22(26)14-23(28)24-12-10-18-15-25-21-9-5-4-7-19(18)21/h2-9,15,22,25H,10-14H2,1H3,(H,24,28). The first-order valence-electron chi connectivity index (χ1n) is 9.80. The van der Waals surface area contributed by atoms with Gasteiger partial charge in [0.1, 0.15) is 0 Å². The predicted molar refractivity (Wildman–Crippen MR) is 110 cm³/mol. The molecular formula is C23H25N3O2. The van der Waals surface area contributed by atoms with Gasteiger partial charge in [-0.2, -0.15) is 0 Å². The van der Waals surface area contributed by atoms with Gasteiger partial charge in [-0.15, -0.1) is 0 Å². The van der Waals surface area contributed by atoms with Crippen molar-refractivity contribution in [3.8, 4) is 0 Å². The van der Waals surface area contributed by atoms with Crippen LogP contribution < -0.4 is 5.32 Å². The molecule has 5 nitrogen and oxygen atoms in total. The molecule has 0 bridgehead atoms. The zero-order valence-electron chi connectivity index (χ0n) is 16.1. The zero-order chi connectivity index (χ0) is 19.5. The number of para-hydroxylation sites is 1. The Bertz CT molecular complexity index is 1010. The second-order valence-electron chi connectivity index (χ2n) is 7.34. The molecule has 0 fully saturated rings. The molecule has 0 radical (unpaired) electrons. The van der Waals surface area contributed by atoms with Gasteiger partial charge in [0.05, 0.1) is 12.5 Å². The van der Waals surface area contributed by atoms with Crippen LogP contribution >= 0.6 is 0 Å². The third-order valence-electron chi connectivity index (χ3n) is 5.59. The van der Waals surface area contributed by atoms with E-state index in [1.165, 1.54) is 16.5 Å². The highest BCUT2D eigenvalue weighted by Gasteiger charge is 2.30. The van der Waals surface area contributed by atoms with Gasteiger partial charge in [-0.05, 0) is 35.6 Å². The minimum atomic E-state index is -0.185. The molecule has 3 aromatic rings. The molecule has 1 atom stereocenters. The summed E-state index contributed by atoms with van der Waals surface area (Å²) in [5.74, 6) is -0.00103. The summed E-state index contributed by atoms with van der Waals surface area (Å²) < 4.78 is 0. The van der Waals surface area contributed by atoms with E-state index in [-0.39, 0.29) is 17.9 Å². The van der Waals surface area contributed by atoms with Gasteiger partial charge in [0.25, 0.3) is 0 Å². The van der Waals surface area contributed by atoms with E-state index in [4.69, 9.17) is 0 Å². The Morgan fingerprint density at radius 3 is 2.79 bits per heavy atom. The molecular weight excluding hydrogens is 350 g/mol. The molecule has 0 spiro atoms. The number of benzene rings is 2. The van der Waals surface area contributed by atoms with Crippen molar-refractivity contribution in [2.45, 2.75) is 32.2 Å². The highest BCUT2D eigenvalue weighted by Crippen LogP contribution is 2.32. The number of hydrogen-bond acceptors (Lipinski definition) is 2. The molecule has 2 heterocycles. The lowest BCUT2D eigenvalue weighted by molar-refractivity contribution is -0.133. The molecule has 5 heteroatoms. The van der Waals surface area contributed by atoms with Crippen molar-refractivity contribution in [1.82, 2.24) is 15.2 Å². The maximum atomic E-state index is 12.6. The van der Waals surface area contributed by atoms with E-state index in [0.29, 0.717) is 19.5 Å². The summed E-state index contributed by atoms with van der Waals surface area (Å²) in [6, 6.07) is 16.1. The first-order valence-corrected chi connectivity index (χ1v) is 9.80. The molecule has 1 unspecified atom stereocenters. The van der Waals surface area contributed by atoms with E-state index >= 15 is 0 Å². The highest BCUT2D eigenvalue weighted by atomic mass is 16.2. The Kier molecular flexibility index (Phi) is 5.15. The summed E-state index contributed by atoms with van der Waals surface area (Å²) in [5, 5.41) is 4.23. The average molecular weight is 375 g/mol. The number of H-pyrrole nitrogens is 1. The van der Waals surface area contributed by atoms with Gasteiger partial charge in [-0.1, -0.05) is 42.5 Å². The quantitative estimate of drug-likeness (QED) is 0.718. The van der Waals surface area contributed by atoms with Crippen LogP contribution in [-0.4, -0.2) is 34.8 Å². The van der Waals surface area contributed by atoms with Crippen LogP contribution in [0.1, 0.15) is 36.1 Å². The zero-order valence-corrected chi connectivity index (χ0v) is 16.1. The van der Waals surface area contributed by atoms with Crippen LogP contribution in [0.3, 0.4) is 0 Å². The van der Waals surface area contributed by atoms with Gasteiger partial charge >= 0.3 is 0 Å². The molecule has 144 valence electrons. The van der Waals surface area contributed by atoms with Gasteiger partial charge in [0.15, 0.2) is 0 Å². The molecule has 1 aliphatic heterocycles. The number of hydrogen-bond donors (Lipinski definition) is 2. The number of carbonyl (C=O) groups is 2. The van der Waals surface area contributed by atoms with E-state index in [1.807, 2.05) is 47.5 Å². The minimum absolute atomic E-state index is 0.0195. The van der Waals surface area contributed by atoms with E-state index in [0.717, 1.165) is 23.9 Å². The topological polar surface area (TPSA) is 65.2 Å². The minimum Gasteiger partial charge on any atom is -0.361 e. The smallest absolute Gasteiger partial charge is 0.222 e. The van der Waals surface area contributed by atoms with E-state index in [2.05, 4.69) is 22.4 Å². The summed E-state index contributed by atoms with van der Waals surface area (Å²) in [5.41, 5.74) is 4.64. The Balaban J connectivity index is 1.40. The average Bonchev–Trinajstić information content (AvgIpc) is 3.11. The Morgan fingerprint density at radius 2 is 1.93 bits per heavy atom. The third-order valence-corrected chi connectivity index (χ3v) is 5.59. The first-order chi connectivity index (χ1) is 13.6. The van der Waals surface area contributed by atoms with Crippen LogP contribution in [0.15, 0.2) is 54.7 Å². The molecule has 1 aromatic heterocycles. The van der Waals surface area contributed by atoms with E-state index in [1.54, 1.807) is 6.92 Å². The number of aromatic amines is 1. The molecule has 4 rings (SSSR count). The lowest BCUT2D eigenvalue weighted by atomic mass is 9.90.